The van der Waals surface area contributed by atoms with E-state index in [0.717, 1.165) is 0 Å². The fourth-order valence-electron chi connectivity index (χ4n) is 2.83. The molecule has 3 aromatic rings. The summed E-state index contributed by atoms with van der Waals surface area (Å²) < 4.78 is 25.9. The first kappa shape index (κ1) is 19.0. The largest absolute Gasteiger partial charge is 0.454 e. The monoisotopic (exact) mass is 412 g/mol. The Balaban J connectivity index is 1.45. The number of hydrogen-bond donors (Lipinski definition) is 1. The van der Waals surface area contributed by atoms with Crippen LogP contribution in [0.4, 0.5) is 10.1 Å². The third-order valence-electron chi connectivity index (χ3n) is 4.10. The standard InChI is InChI=1S/C20H17FN4O3S/c1-2-8-25-19(13-4-3-5-14(21)9-13)23-24-20(25)29-11-18(26)22-15-6-7-16-17(10-15)28-12-27-16/h2-7,9-10H,1,8,11-12H2,(H,22,26). The van der Waals surface area contributed by atoms with E-state index in [4.69, 9.17) is 9.47 Å². The van der Waals surface area contributed by atoms with Gasteiger partial charge in [-0.1, -0.05) is 30.0 Å². The molecule has 0 aliphatic carbocycles. The van der Waals surface area contributed by atoms with Crippen LogP contribution in [-0.4, -0.2) is 33.2 Å². The molecule has 0 radical (unpaired) electrons. The molecule has 9 heteroatoms. The number of nitrogens with one attached hydrogen (secondary N) is 1. The highest BCUT2D eigenvalue weighted by atomic mass is 32.2. The van der Waals surface area contributed by atoms with Crippen LogP contribution in [0.25, 0.3) is 11.4 Å². The van der Waals surface area contributed by atoms with Crippen molar-refractivity contribution >= 4 is 23.4 Å². The number of ether oxygens (including phenoxy) is 2. The molecule has 1 N–H and O–H groups in total. The van der Waals surface area contributed by atoms with Crippen LogP contribution in [0.5, 0.6) is 11.5 Å². The molecule has 1 aromatic heterocycles. The van der Waals surface area contributed by atoms with Crippen LogP contribution in [0.2, 0.25) is 0 Å². The first-order valence-corrected chi connectivity index (χ1v) is 9.75. The van der Waals surface area contributed by atoms with Crippen molar-refractivity contribution in [1.82, 2.24) is 14.8 Å². The van der Waals surface area contributed by atoms with Gasteiger partial charge in [0.25, 0.3) is 0 Å². The van der Waals surface area contributed by atoms with E-state index in [1.54, 1.807) is 41.0 Å². The highest BCUT2D eigenvalue weighted by Crippen LogP contribution is 2.34. The zero-order chi connectivity index (χ0) is 20.2. The SMILES string of the molecule is C=CCn1c(SCC(=O)Nc2ccc3c(c2)OCO3)nnc1-c1cccc(F)c1. The number of fused-ring (bicyclic) bond motifs is 1. The van der Waals surface area contributed by atoms with Crippen LogP contribution < -0.4 is 14.8 Å². The molecule has 0 fully saturated rings. The second-order valence-electron chi connectivity index (χ2n) is 6.12. The number of amides is 1. The smallest absolute Gasteiger partial charge is 0.234 e. The van der Waals surface area contributed by atoms with Gasteiger partial charge in [0.15, 0.2) is 22.5 Å². The van der Waals surface area contributed by atoms with Crippen molar-refractivity contribution in [2.24, 2.45) is 0 Å². The highest BCUT2D eigenvalue weighted by Gasteiger charge is 2.17. The summed E-state index contributed by atoms with van der Waals surface area (Å²) in [5, 5.41) is 11.7. The molecule has 4 rings (SSSR count). The molecule has 1 aliphatic heterocycles. The van der Waals surface area contributed by atoms with Gasteiger partial charge in [0.1, 0.15) is 5.82 Å². The molecule has 29 heavy (non-hydrogen) atoms. The summed E-state index contributed by atoms with van der Waals surface area (Å²) in [6, 6.07) is 11.3. The van der Waals surface area contributed by atoms with Gasteiger partial charge < -0.3 is 14.8 Å². The molecule has 0 unspecified atom stereocenters. The first-order valence-electron chi connectivity index (χ1n) is 8.76. The van der Waals surface area contributed by atoms with E-state index < -0.39 is 0 Å². The summed E-state index contributed by atoms with van der Waals surface area (Å²) in [7, 11) is 0. The van der Waals surface area contributed by atoms with Crippen molar-refractivity contribution in [3.05, 3.63) is 60.9 Å². The number of anilines is 1. The summed E-state index contributed by atoms with van der Waals surface area (Å²) in [6.07, 6.45) is 1.70. The minimum atomic E-state index is -0.354. The Morgan fingerprint density at radius 1 is 1.24 bits per heavy atom. The highest BCUT2D eigenvalue weighted by molar-refractivity contribution is 7.99. The number of carbonyl (C=O) groups excluding carboxylic acids is 1. The molecular formula is C20H17FN4O3S. The Morgan fingerprint density at radius 3 is 2.93 bits per heavy atom. The fraction of sp³-hybridized carbons (Fsp3) is 0.150. The second kappa shape index (κ2) is 8.36. The molecule has 2 heterocycles. The van der Waals surface area contributed by atoms with E-state index >= 15 is 0 Å². The molecule has 2 aromatic carbocycles. The molecule has 7 nitrogen and oxygen atoms in total. The molecule has 0 atom stereocenters. The summed E-state index contributed by atoms with van der Waals surface area (Å²) in [5.74, 6) is 1.35. The molecule has 0 saturated heterocycles. The summed E-state index contributed by atoms with van der Waals surface area (Å²) >= 11 is 1.24. The van der Waals surface area contributed by atoms with Gasteiger partial charge in [-0.05, 0) is 24.3 Å². The van der Waals surface area contributed by atoms with Gasteiger partial charge in [-0.3, -0.25) is 9.36 Å². The summed E-state index contributed by atoms with van der Waals surface area (Å²) in [4.78, 5) is 12.3. The normalized spacial score (nSPS) is 12.0. The Labute approximate surface area is 170 Å². The van der Waals surface area contributed by atoms with E-state index in [-0.39, 0.29) is 24.3 Å². The van der Waals surface area contributed by atoms with Crippen LogP contribution in [0.3, 0.4) is 0 Å². The van der Waals surface area contributed by atoms with Gasteiger partial charge in [0.2, 0.25) is 12.7 Å². The maximum Gasteiger partial charge on any atom is 0.234 e. The average Bonchev–Trinajstić information content (AvgIpc) is 3.33. The Hall–Kier alpha value is -3.33. The molecule has 0 saturated carbocycles. The van der Waals surface area contributed by atoms with E-state index in [1.165, 1.54) is 23.9 Å². The summed E-state index contributed by atoms with van der Waals surface area (Å²) in [5.41, 5.74) is 1.23. The third kappa shape index (κ3) is 4.24. The van der Waals surface area contributed by atoms with Gasteiger partial charge in [0.05, 0.1) is 5.75 Å². The van der Waals surface area contributed by atoms with Gasteiger partial charge in [0, 0.05) is 23.9 Å². The zero-order valence-electron chi connectivity index (χ0n) is 15.3. The minimum absolute atomic E-state index is 0.132. The minimum Gasteiger partial charge on any atom is -0.454 e. The van der Waals surface area contributed by atoms with E-state index in [9.17, 15) is 9.18 Å². The number of rotatable bonds is 7. The van der Waals surface area contributed by atoms with Gasteiger partial charge in [-0.2, -0.15) is 0 Å². The van der Waals surface area contributed by atoms with E-state index in [0.29, 0.717) is 40.3 Å². The van der Waals surface area contributed by atoms with E-state index in [2.05, 4.69) is 22.1 Å². The maximum absolute atomic E-state index is 13.6. The van der Waals surface area contributed by atoms with Crippen LogP contribution in [0.1, 0.15) is 0 Å². The molecule has 1 aliphatic rings. The first-order chi connectivity index (χ1) is 14.1. The lowest BCUT2D eigenvalue weighted by atomic mass is 10.2. The quantitative estimate of drug-likeness (QED) is 0.471. The second-order valence-corrected chi connectivity index (χ2v) is 7.06. The number of thioether (sulfide) groups is 1. The van der Waals surface area contributed by atoms with Crippen LogP contribution in [0.15, 0.2) is 60.3 Å². The third-order valence-corrected chi connectivity index (χ3v) is 5.07. The number of allylic oxidation sites excluding steroid dienone is 1. The fourth-order valence-corrected chi connectivity index (χ4v) is 3.58. The van der Waals surface area contributed by atoms with Gasteiger partial charge >= 0.3 is 0 Å². The predicted octanol–water partition coefficient (Wildman–Crippen LogP) is 3.73. The van der Waals surface area contributed by atoms with Crippen molar-refractivity contribution in [1.29, 1.82) is 0 Å². The number of hydrogen-bond acceptors (Lipinski definition) is 6. The molecule has 148 valence electrons. The Kier molecular flexibility index (Phi) is 5.48. The van der Waals surface area contributed by atoms with Crippen LogP contribution >= 0.6 is 11.8 Å². The number of benzene rings is 2. The number of halogens is 1. The Bertz CT molecular complexity index is 1070. The number of carbonyl (C=O) groups is 1. The van der Waals surface area contributed by atoms with Crippen molar-refractivity contribution in [2.75, 3.05) is 17.9 Å². The van der Waals surface area contributed by atoms with Crippen molar-refractivity contribution < 1.29 is 18.7 Å². The number of aromatic nitrogens is 3. The van der Waals surface area contributed by atoms with Crippen molar-refractivity contribution in [3.8, 4) is 22.9 Å². The predicted molar refractivity (Wildman–Crippen MR) is 108 cm³/mol. The topological polar surface area (TPSA) is 78.3 Å². The lowest BCUT2D eigenvalue weighted by Crippen LogP contribution is -2.14. The van der Waals surface area contributed by atoms with Crippen molar-refractivity contribution in [3.63, 3.8) is 0 Å². The lowest BCUT2D eigenvalue weighted by Gasteiger charge is -2.08. The summed E-state index contributed by atoms with van der Waals surface area (Å²) in [6.45, 7) is 4.36. The molecule has 0 bridgehead atoms. The number of nitrogens with zero attached hydrogens (tertiary/aromatic N) is 3. The molecular weight excluding hydrogens is 395 g/mol. The average molecular weight is 412 g/mol. The molecule has 1 amide bonds. The van der Waals surface area contributed by atoms with Crippen LogP contribution in [0, 0.1) is 5.82 Å². The lowest BCUT2D eigenvalue weighted by molar-refractivity contribution is -0.113. The van der Waals surface area contributed by atoms with Crippen molar-refractivity contribution in [2.45, 2.75) is 11.7 Å². The van der Waals surface area contributed by atoms with Crippen LogP contribution in [-0.2, 0) is 11.3 Å². The molecule has 0 spiro atoms. The van der Waals surface area contributed by atoms with Gasteiger partial charge in [-0.25, -0.2) is 4.39 Å². The maximum atomic E-state index is 13.6. The van der Waals surface area contributed by atoms with Gasteiger partial charge in [-0.15, -0.1) is 16.8 Å². The zero-order valence-corrected chi connectivity index (χ0v) is 16.1. The Morgan fingerprint density at radius 2 is 2.10 bits per heavy atom. The van der Waals surface area contributed by atoms with E-state index in [1.807, 2.05) is 0 Å².